The van der Waals surface area contributed by atoms with Crippen molar-refractivity contribution in [2.24, 2.45) is 0 Å². The lowest BCUT2D eigenvalue weighted by Gasteiger charge is -2.36. The number of benzene rings is 2. The van der Waals surface area contributed by atoms with E-state index in [1.165, 1.54) is 33.9 Å². The van der Waals surface area contributed by atoms with Gasteiger partial charge in [-0.05, 0) is 42.5 Å². The van der Waals surface area contributed by atoms with E-state index in [1.807, 2.05) is 4.90 Å². The van der Waals surface area contributed by atoms with E-state index in [4.69, 9.17) is 4.74 Å². The van der Waals surface area contributed by atoms with E-state index in [1.54, 1.807) is 26.0 Å². The van der Waals surface area contributed by atoms with E-state index >= 15 is 0 Å². The van der Waals surface area contributed by atoms with Crippen molar-refractivity contribution in [2.75, 3.05) is 51.3 Å². The van der Waals surface area contributed by atoms with Crippen LogP contribution in [0.3, 0.4) is 0 Å². The molecule has 2 aromatic rings. The Morgan fingerprint density at radius 1 is 0.906 bits per heavy atom. The minimum absolute atomic E-state index is 0.0391. The quantitative estimate of drug-likeness (QED) is 0.571. The van der Waals surface area contributed by atoms with Crippen LogP contribution in [0, 0.1) is 5.82 Å². The number of anilines is 1. The van der Waals surface area contributed by atoms with Gasteiger partial charge in [-0.1, -0.05) is 13.8 Å². The third-order valence-electron chi connectivity index (χ3n) is 5.52. The monoisotopic (exact) mass is 485 g/mol. The topological polar surface area (TPSA) is 87.2 Å². The van der Waals surface area contributed by atoms with Gasteiger partial charge in [0.05, 0.1) is 22.6 Å². The van der Waals surface area contributed by atoms with Gasteiger partial charge in [-0.15, -0.1) is 0 Å². The smallest absolute Gasteiger partial charge is 0.243 e. The van der Waals surface area contributed by atoms with Gasteiger partial charge in [-0.2, -0.15) is 8.61 Å². The first-order chi connectivity index (χ1) is 15.1. The SMILES string of the molecule is CCN(CC)S(=O)(=O)c1ccc(OC)c(N2CCN(S(=O)(=O)c3ccc(F)cc3)CC2)c1. The van der Waals surface area contributed by atoms with Crippen molar-refractivity contribution < 1.29 is 26.0 Å². The predicted octanol–water partition coefficient (Wildman–Crippen LogP) is 2.38. The predicted molar refractivity (Wildman–Crippen MR) is 120 cm³/mol. The average molecular weight is 486 g/mol. The first kappa shape index (κ1) is 24.4. The summed E-state index contributed by atoms with van der Waals surface area (Å²) >= 11 is 0. The van der Waals surface area contributed by atoms with Crippen LogP contribution >= 0.6 is 0 Å². The van der Waals surface area contributed by atoms with Gasteiger partial charge in [0.25, 0.3) is 0 Å². The molecule has 1 fully saturated rings. The summed E-state index contributed by atoms with van der Waals surface area (Å²) < 4.78 is 73.0. The van der Waals surface area contributed by atoms with Crippen LogP contribution < -0.4 is 9.64 Å². The number of ether oxygens (including phenoxy) is 1. The number of halogens is 1. The van der Waals surface area contributed by atoms with Gasteiger partial charge in [0, 0.05) is 39.3 Å². The highest BCUT2D eigenvalue weighted by molar-refractivity contribution is 7.89. The van der Waals surface area contributed by atoms with Crippen molar-refractivity contribution in [2.45, 2.75) is 23.6 Å². The third-order valence-corrected chi connectivity index (χ3v) is 9.48. The van der Waals surface area contributed by atoms with Gasteiger partial charge in [-0.25, -0.2) is 21.2 Å². The molecule has 0 amide bonds. The van der Waals surface area contributed by atoms with Crippen molar-refractivity contribution in [1.82, 2.24) is 8.61 Å². The Hall–Kier alpha value is -2.21. The van der Waals surface area contributed by atoms with Crippen molar-refractivity contribution >= 4 is 25.7 Å². The number of sulfonamides is 2. The fourth-order valence-electron chi connectivity index (χ4n) is 3.71. The number of rotatable bonds is 8. The van der Waals surface area contributed by atoms with Gasteiger partial charge in [0.2, 0.25) is 20.0 Å². The van der Waals surface area contributed by atoms with Crippen molar-refractivity contribution in [1.29, 1.82) is 0 Å². The molecule has 8 nitrogen and oxygen atoms in total. The lowest BCUT2D eigenvalue weighted by Crippen LogP contribution is -2.48. The Morgan fingerprint density at radius 2 is 1.47 bits per heavy atom. The van der Waals surface area contributed by atoms with Crippen LogP contribution in [-0.2, 0) is 20.0 Å². The molecule has 0 N–H and O–H groups in total. The van der Waals surface area contributed by atoms with Crippen molar-refractivity contribution in [3.8, 4) is 5.75 Å². The lowest BCUT2D eigenvalue weighted by molar-refractivity contribution is 0.378. The summed E-state index contributed by atoms with van der Waals surface area (Å²) in [6.45, 7) is 5.40. The molecule has 1 heterocycles. The zero-order valence-corrected chi connectivity index (χ0v) is 20.0. The molecule has 3 rings (SSSR count). The summed E-state index contributed by atoms with van der Waals surface area (Å²) in [5.41, 5.74) is 0.597. The number of hydrogen-bond acceptors (Lipinski definition) is 6. The second-order valence-corrected chi connectivity index (χ2v) is 11.1. The summed E-state index contributed by atoms with van der Waals surface area (Å²) in [7, 11) is -5.88. The number of nitrogens with zero attached hydrogens (tertiary/aromatic N) is 3. The molecule has 1 saturated heterocycles. The highest BCUT2D eigenvalue weighted by Gasteiger charge is 2.30. The van der Waals surface area contributed by atoms with Crippen LogP contribution in [0.2, 0.25) is 0 Å². The zero-order chi connectivity index (χ0) is 23.5. The van der Waals surface area contributed by atoms with E-state index in [-0.39, 0.29) is 22.9 Å². The standard InChI is InChI=1S/C21H28FN3O5S2/c1-4-24(5-2)32(28,29)19-10-11-21(30-3)20(16-19)23-12-14-25(15-13-23)31(26,27)18-8-6-17(22)7-9-18/h6-11,16H,4-5,12-15H2,1-3H3. The minimum atomic E-state index is -3.74. The fourth-order valence-corrected chi connectivity index (χ4v) is 6.62. The molecule has 0 spiro atoms. The van der Waals surface area contributed by atoms with Crippen LogP contribution in [0.1, 0.15) is 13.8 Å². The number of methoxy groups -OCH3 is 1. The molecule has 0 atom stereocenters. The van der Waals surface area contributed by atoms with Crippen LogP contribution in [0.25, 0.3) is 0 Å². The molecule has 1 aliphatic heterocycles. The van der Waals surface area contributed by atoms with Crippen LogP contribution in [0.5, 0.6) is 5.75 Å². The largest absolute Gasteiger partial charge is 0.495 e. The first-order valence-electron chi connectivity index (χ1n) is 10.3. The van der Waals surface area contributed by atoms with Crippen LogP contribution in [-0.4, -0.2) is 71.8 Å². The summed E-state index contributed by atoms with van der Waals surface area (Å²) in [6.07, 6.45) is 0. The molecule has 0 aliphatic carbocycles. The van der Waals surface area contributed by atoms with E-state index in [2.05, 4.69) is 0 Å². The molecule has 1 aliphatic rings. The molecule has 2 aromatic carbocycles. The Balaban J connectivity index is 1.84. The maximum Gasteiger partial charge on any atom is 0.243 e. The fraction of sp³-hybridized carbons (Fsp3) is 0.429. The van der Waals surface area contributed by atoms with Crippen LogP contribution in [0.15, 0.2) is 52.3 Å². The second kappa shape index (κ2) is 9.74. The molecule has 0 radical (unpaired) electrons. The average Bonchev–Trinajstić information content (AvgIpc) is 2.79. The van der Waals surface area contributed by atoms with Gasteiger partial charge in [0.1, 0.15) is 11.6 Å². The van der Waals surface area contributed by atoms with E-state index < -0.39 is 25.9 Å². The maximum atomic E-state index is 13.2. The molecule has 0 aromatic heterocycles. The maximum absolute atomic E-state index is 13.2. The Labute approximate surface area is 189 Å². The molecule has 0 saturated carbocycles. The Bertz CT molecular complexity index is 1140. The highest BCUT2D eigenvalue weighted by atomic mass is 32.2. The molecule has 176 valence electrons. The number of hydrogen-bond donors (Lipinski definition) is 0. The molecule has 0 unspecified atom stereocenters. The van der Waals surface area contributed by atoms with Gasteiger partial charge in [0.15, 0.2) is 0 Å². The molecule has 32 heavy (non-hydrogen) atoms. The second-order valence-electron chi connectivity index (χ2n) is 7.27. The molecule has 0 bridgehead atoms. The minimum Gasteiger partial charge on any atom is -0.495 e. The van der Waals surface area contributed by atoms with Crippen molar-refractivity contribution in [3.05, 3.63) is 48.3 Å². The van der Waals surface area contributed by atoms with E-state index in [9.17, 15) is 21.2 Å². The van der Waals surface area contributed by atoms with Gasteiger partial charge in [-0.3, -0.25) is 0 Å². The normalized spacial score (nSPS) is 15.8. The summed E-state index contributed by atoms with van der Waals surface area (Å²) in [4.78, 5) is 2.12. The van der Waals surface area contributed by atoms with Crippen molar-refractivity contribution in [3.63, 3.8) is 0 Å². The van der Waals surface area contributed by atoms with E-state index in [0.717, 1.165) is 12.1 Å². The van der Waals surface area contributed by atoms with Gasteiger partial charge < -0.3 is 9.64 Å². The lowest BCUT2D eigenvalue weighted by atomic mass is 10.2. The molecular formula is C21H28FN3O5S2. The highest BCUT2D eigenvalue weighted by Crippen LogP contribution is 2.33. The van der Waals surface area contributed by atoms with Gasteiger partial charge >= 0.3 is 0 Å². The molecular weight excluding hydrogens is 457 g/mol. The van der Waals surface area contributed by atoms with Crippen LogP contribution in [0.4, 0.5) is 10.1 Å². The first-order valence-corrected chi connectivity index (χ1v) is 13.2. The number of piperazine rings is 1. The Morgan fingerprint density at radius 3 is 2.00 bits per heavy atom. The Kier molecular flexibility index (Phi) is 7.43. The zero-order valence-electron chi connectivity index (χ0n) is 18.4. The summed E-state index contributed by atoms with van der Waals surface area (Å²) in [6, 6.07) is 9.46. The molecule has 11 heteroatoms. The summed E-state index contributed by atoms with van der Waals surface area (Å²) in [5.74, 6) is 0.0127. The third kappa shape index (κ3) is 4.75. The summed E-state index contributed by atoms with van der Waals surface area (Å²) in [5, 5.41) is 0. The van der Waals surface area contributed by atoms with E-state index in [0.29, 0.717) is 37.6 Å².